The normalized spacial score (nSPS) is 23.4. The lowest BCUT2D eigenvalue weighted by atomic mass is 9.84. The smallest absolute Gasteiger partial charge is 0.191 e. The van der Waals surface area contributed by atoms with Crippen molar-refractivity contribution in [2.75, 3.05) is 0 Å². The Bertz CT molecular complexity index is 654. The van der Waals surface area contributed by atoms with E-state index in [0.717, 1.165) is 0 Å². The minimum absolute atomic E-state index is 0.510. The van der Waals surface area contributed by atoms with Gasteiger partial charge in [-0.05, 0) is 36.6 Å². The Morgan fingerprint density at radius 3 is 3.00 bits per heavy atom. The average Bonchev–Trinajstić information content (AvgIpc) is 2.88. The quantitative estimate of drug-likeness (QED) is 0.485. The van der Waals surface area contributed by atoms with Crippen molar-refractivity contribution in [3.8, 4) is 11.3 Å². The first-order valence-corrected chi connectivity index (χ1v) is 6.62. The number of rotatable bonds is 0. The molecule has 0 spiro atoms. The molecule has 2 atom stereocenters. The summed E-state index contributed by atoms with van der Waals surface area (Å²) >= 11 is 0. The molecule has 1 aromatic heterocycles. The summed E-state index contributed by atoms with van der Waals surface area (Å²) in [6.45, 7) is 2.17. The summed E-state index contributed by atoms with van der Waals surface area (Å²) in [6.07, 6.45) is 8.10. The van der Waals surface area contributed by atoms with Crippen LogP contribution in [0.1, 0.15) is 29.5 Å². The highest BCUT2D eigenvalue weighted by atomic mass is 15.0. The Morgan fingerprint density at radius 1 is 1.17 bits per heavy atom. The average molecular weight is 234 g/mol. The molecule has 0 bridgehead atoms. The first-order chi connectivity index (χ1) is 8.84. The highest BCUT2D eigenvalue weighted by Gasteiger charge is 2.39. The van der Waals surface area contributed by atoms with Crippen molar-refractivity contribution in [2.24, 2.45) is 0 Å². The third kappa shape index (κ3) is 1.25. The van der Waals surface area contributed by atoms with E-state index in [9.17, 15) is 0 Å². The molecule has 1 aliphatic carbocycles. The van der Waals surface area contributed by atoms with E-state index >= 15 is 0 Å². The lowest BCUT2D eigenvalue weighted by Crippen LogP contribution is -2.45. The first-order valence-electron chi connectivity index (χ1n) is 6.62. The second kappa shape index (κ2) is 3.55. The van der Waals surface area contributed by atoms with Crippen LogP contribution in [0.5, 0.6) is 0 Å². The number of benzene rings is 1. The zero-order valence-corrected chi connectivity index (χ0v) is 10.5. The summed E-state index contributed by atoms with van der Waals surface area (Å²) in [6, 6.07) is 13.9. The van der Waals surface area contributed by atoms with Gasteiger partial charge in [-0.25, -0.2) is 0 Å². The molecule has 1 aliphatic heterocycles. The number of aryl methyl sites for hydroxylation is 1. The minimum Gasteiger partial charge on any atom is -0.191 e. The van der Waals surface area contributed by atoms with E-state index in [1.165, 1.54) is 28.8 Å². The fraction of sp³-hybridized carbons (Fsp3) is 0.235. The third-order valence-corrected chi connectivity index (χ3v) is 4.23. The van der Waals surface area contributed by atoms with Gasteiger partial charge in [0.15, 0.2) is 12.2 Å². The van der Waals surface area contributed by atoms with Gasteiger partial charge in [-0.15, -0.1) is 0 Å². The second-order valence-electron chi connectivity index (χ2n) is 5.34. The number of nitrogens with zero attached hydrogens (tertiary/aromatic N) is 1. The van der Waals surface area contributed by atoms with Crippen LogP contribution < -0.4 is 4.57 Å². The number of allylic oxidation sites excluding steroid dienone is 2. The minimum atomic E-state index is 0.510. The first kappa shape index (κ1) is 10.1. The Kier molecular flexibility index (Phi) is 1.99. The fourth-order valence-electron chi connectivity index (χ4n) is 3.38. The molecule has 0 saturated heterocycles. The molecule has 0 fully saturated rings. The van der Waals surface area contributed by atoms with Crippen molar-refractivity contribution < 1.29 is 4.57 Å². The molecule has 4 rings (SSSR count). The van der Waals surface area contributed by atoms with Gasteiger partial charge < -0.3 is 0 Å². The molecule has 18 heavy (non-hydrogen) atoms. The summed E-state index contributed by atoms with van der Waals surface area (Å²) in [5.41, 5.74) is 5.61. The van der Waals surface area contributed by atoms with Gasteiger partial charge in [0.05, 0.1) is 5.92 Å². The number of aromatic nitrogens is 1. The van der Waals surface area contributed by atoms with E-state index in [-0.39, 0.29) is 0 Å². The molecule has 1 heteroatoms. The van der Waals surface area contributed by atoms with Crippen LogP contribution in [0.4, 0.5) is 0 Å². The molecule has 0 amide bonds. The molecule has 2 aliphatic rings. The molecular weight excluding hydrogens is 218 g/mol. The maximum absolute atomic E-state index is 2.43. The molecule has 1 nitrogen and oxygen atoms in total. The van der Waals surface area contributed by atoms with Crippen molar-refractivity contribution in [2.45, 2.75) is 25.3 Å². The van der Waals surface area contributed by atoms with E-state index in [1.807, 2.05) is 0 Å². The Hall–Kier alpha value is -1.89. The molecule has 2 heterocycles. The van der Waals surface area contributed by atoms with E-state index in [1.54, 1.807) is 0 Å². The van der Waals surface area contributed by atoms with Gasteiger partial charge in [-0.3, -0.25) is 0 Å². The van der Waals surface area contributed by atoms with Crippen molar-refractivity contribution in [1.82, 2.24) is 0 Å². The molecule has 2 unspecified atom stereocenters. The molecule has 88 valence electrons. The van der Waals surface area contributed by atoms with E-state index in [2.05, 4.69) is 66.2 Å². The van der Waals surface area contributed by atoms with Crippen molar-refractivity contribution in [3.05, 3.63) is 65.9 Å². The second-order valence-corrected chi connectivity index (χ2v) is 5.34. The standard InChI is InChI=1S/C17H16N/c1-12-9-10-18-16-8-4-7-14(16)13-5-2-3-6-15(13)17(18)11-12/h2-6,8-11,14,16H,7H2,1H3/q+1. The highest BCUT2D eigenvalue weighted by Crippen LogP contribution is 2.43. The van der Waals surface area contributed by atoms with Crippen LogP contribution in [0, 0.1) is 6.92 Å². The number of fused-ring (bicyclic) bond motifs is 6. The van der Waals surface area contributed by atoms with Crippen LogP contribution >= 0.6 is 0 Å². The van der Waals surface area contributed by atoms with Gasteiger partial charge in [0.25, 0.3) is 0 Å². The number of hydrogen-bond donors (Lipinski definition) is 0. The van der Waals surface area contributed by atoms with Gasteiger partial charge >= 0.3 is 0 Å². The lowest BCUT2D eigenvalue weighted by Gasteiger charge is -2.25. The SMILES string of the molecule is Cc1cc[n+]2c(c1)-c1ccccc1C1CC=CC12. The summed E-state index contributed by atoms with van der Waals surface area (Å²) in [5, 5.41) is 0. The van der Waals surface area contributed by atoms with Crippen molar-refractivity contribution in [3.63, 3.8) is 0 Å². The van der Waals surface area contributed by atoms with Crippen LogP contribution in [0.25, 0.3) is 11.3 Å². The Morgan fingerprint density at radius 2 is 2.06 bits per heavy atom. The molecule has 0 N–H and O–H groups in total. The van der Waals surface area contributed by atoms with Crippen LogP contribution in [-0.4, -0.2) is 0 Å². The maximum atomic E-state index is 2.43. The monoisotopic (exact) mass is 234 g/mol. The van der Waals surface area contributed by atoms with Crippen LogP contribution in [0.3, 0.4) is 0 Å². The van der Waals surface area contributed by atoms with E-state index < -0.39 is 0 Å². The predicted molar refractivity (Wildman–Crippen MR) is 72.3 cm³/mol. The fourth-order valence-corrected chi connectivity index (χ4v) is 3.38. The van der Waals surface area contributed by atoms with Crippen LogP contribution in [-0.2, 0) is 0 Å². The largest absolute Gasteiger partial charge is 0.213 e. The molecule has 1 aromatic carbocycles. The van der Waals surface area contributed by atoms with E-state index in [4.69, 9.17) is 0 Å². The van der Waals surface area contributed by atoms with Gasteiger partial charge in [0.1, 0.15) is 0 Å². The van der Waals surface area contributed by atoms with Gasteiger partial charge in [0.2, 0.25) is 5.69 Å². The summed E-state index contributed by atoms with van der Waals surface area (Å²) in [4.78, 5) is 0. The zero-order chi connectivity index (χ0) is 12.1. The summed E-state index contributed by atoms with van der Waals surface area (Å²) in [7, 11) is 0. The van der Waals surface area contributed by atoms with Gasteiger partial charge in [0, 0.05) is 17.7 Å². The molecule has 0 radical (unpaired) electrons. The molecule has 2 aromatic rings. The summed E-state index contributed by atoms with van der Waals surface area (Å²) in [5.74, 6) is 0.626. The topological polar surface area (TPSA) is 3.88 Å². The highest BCUT2D eigenvalue weighted by molar-refractivity contribution is 5.64. The molecule has 0 saturated carbocycles. The van der Waals surface area contributed by atoms with Gasteiger partial charge in [-0.2, -0.15) is 4.57 Å². The molecular formula is C17H16N+. The zero-order valence-electron chi connectivity index (χ0n) is 10.5. The van der Waals surface area contributed by atoms with Crippen LogP contribution in [0.2, 0.25) is 0 Å². The van der Waals surface area contributed by atoms with E-state index in [0.29, 0.717) is 12.0 Å². The lowest BCUT2D eigenvalue weighted by molar-refractivity contribution is -0.706. The summed E-state index contributed by atoms with van der Waals surface area (Å²) < 4.78 is 2.43. The van der Waals surface area contributed by atoms with Crippen molar-refractivity contribution >= 4 is 0 Å². The Labute approximate surface area is 107 Å². The van der Waals surface area contributed by atoms with Crippen molar-refractivity contribution in [1.29, 1.82) is 0 Å². The maximum Gasteiger partial charge on any atom is 0.213 e. The van der Waals surface area contributed by atoms with Gasteiger partial charge in [-0.1, -0.05) is 24.3 Å². The predicted octanol–water partition coefficient (Wildman–Crippen LogP) is 3.55. The number of hydrogen-bond acceptors (Lipinski definition) is 0. The number of pyridine rings is 1. The van der Waals surface area contributed by atoms with Crippen LogP contribution in [0.15, 0.2) is 54.7 Å². The third-order valence-electron chi connectivity index (χ3n) is 4.23. The Balaban J connectivity index is 2.06.